The zero-order chi connectivity index (χ0) is 14.6. The van der Waals surface area contributed by atoms with Gasteiger partial charge in [-0.3, -0.25) is 4.79 Å². The summed E-state index contributed by atoms with van der Waals surface area (Å²) in [6, 6.07) is 0.177. The number of nitrogens with one attached hydrogen (secondary N) is 1. The molecule has 2 amide bonds. The van der Waals surface area contributed by atoms with Crippen molar-refractivity contribution in [2.45, 2.75) is 46.6 Å². The van der Waals surface area contributed by atoms with Crippen LogP contribution in [-0.4, -0.2) is 41.1 Å². The van der Waals surface area contributed by atoms with Crippen molar-refractivity contribution >= 4 is 12.0 Å². The van der Waals surface area contributed by atoms with Gasteiger partial charge in [0.15, 0.2) is 0 Å². The molecule has 0 saturated carbocycles. The Morgan fingerprint density at radius 1 is 1.37 bits per heavy atom. The predicted octanol–water partition coefficient (Wildman–Crippen LogP) is 2.17. The molecule has 4 atom stereocenters. The Hall–Kier alpha value is -1.26. The summed E-state index contributed by atoms with van der Waals surface area (Å²) in [5.41, 5.74) is 0. The van der Waals surface area contributed by atoms with Crippen LogP contribution in [0.2, 0.25) is 0 Å². The number of urea groups is 1. The van der Waals surface area contributed by atoms with Gasteiger partial charge in [-0.2, -0.15) is 0 Å². The minimum atomic E-state index is -0.817. The summed E-state index contributed by atoms with van der Waals surface area (Å²) in [5.74, 6) is -0.206. The zero-order valence-electron chi connectivity index (χ0n) is 12.3. The Balaban J connectivity index is 2.42. The second kappa shape index (κ2) is 6.78. The summed E-state index contributed by atoms with van der Waals surface area (Å²) < 4.78 is 0. The van der Waals surface area contributed by atoms with Gasteiger partial charge in [0.2, 0.25) is 0 Å². The van der Waals surface area contributed by atoms with Crippen molar-refractivity contribution in [1.29, 1.82) is 0 Å². The fourth-order valence-electron chi connectivity index (χ4n) is 2.60. The highest BCUT2D eigenvalue weighted by molar-refractivity contribution is 5.75. The third kappa shape index (κ3) is 4.40. The molecule has 1 aliphatic heterocycles. The number of nitrogens with zero attached hydrogens (tertiary/aromatic N) is 1. The molecule has 0 radical (unpaired) electrons. The molecule has 2 N–H and O–H groups in total. The molecule has 0 bridgehead atoms. The highest BCUT2D eigenvalue weighted by Crippen LogP contribution is 2.26. The van der Waals surface area contributed by atoms with Crippen LogP contribution in [0.3, 0.4) is 0 Å². The number of likely N-dealkylation sites (tertiary alicyclic amines) is 1. The molecule has 1 rings (SSSR count). The third-order valence-electron chi connectivity index (χ3n) is 4.13. The SMILES string of the molecule is CC1CC(C)C(C)N(C(=O)NCCC(C)C(=O)O)C1. The number of amides is 2. The Morgan fingerprint density at radius 2 is 2.00 bits per heavy atom. The molecule has 0 spiro atoms. The topological polar surface area (TPSA) is 69.6 Å². The number of aliphatic carboxylic acids is 1. The summed E-state index contributed by atoms with van der Waals surface area (Å²) in [5, 5.41) is 11.6. The maximum Gasteiger partial charge on any atom is 0.317 e. The van der Waals surface area contributed by atoms with Crippen LogP contribution < -0.4 is 5.32 Å². The molecule has 1 saturated heterocycles. The van der Waals surface area contributed by atoms with Crippen molar-refractivity contribution in [3.8, 4) is 0 Å². The van der Waals surface area contributed by atoms with Crippen molar-refractivity contribution in [2.24, 2.45) is 17.8 Å². The number of piperidine rings is 1. The van der Waals surface area contributed by atoms with Crippen LogP contribution in [0.1, 0.15) is 40.5 Å². The zero-order valence-corrected chi connectivity index (χ0v) is 12.3. The molecule has 5 nitrogen and oxygen atoms in total. The highest BCUT2D eigenvalue weighted by atomic mass is 16.4. The maximum atomic E-state index is 12.1. The first-order valence-electron chi connectivity index (χ1n) is 7.10. The number of hydrogen-bond donors (Lipinski definition) is 2. The second-order valence-corrected chi connectivity index (χ2v) is 5.97. The molecule has 1 fully saturated rings. The average molecular weight is 270 g/mol. The number of carboxylic acid groups (broad SMARTS) is 1. The largest absolute Gasteiger partial charge is 0.481 e. The standard InChI is InChI=1S/C14H26N2O3/c1-9-7-11(3)12(4)16(8-9)14(19)15-6-5-10(2)13(17)18/h9-12H,5-8H2,1-4H3,(H,15,19)(H,17,18). The van der Waals surface area contributed by atoms with Gasteiger partial charge in [-0.25, -0.2) is 4.79 Å². The molecule has 0 aromatic carbocycles. The lowest BCUT2D eigenvalue weighted by atomic mass is 9.86. The monoisotopic (exact) mass is 270 g/mol. The number of rotatable bonds is 4. The van der Waals surface area contributed by atoms with Crippen LogP contribution in [0, 0.1) is 17.8 Å². The average Bonchev–Trinajstić information content (AvgIpc) is 2.33. The van der Waals surface area contributed by atoms with Crippen molar-refractivity contribution in [2.75, 3.05) is 13.1 Å². The van der Waals surface area contributed by atoms with Crippen LogP contribution in [0.5, 0.6) is 0 Å². The number of carbonyl (C=O) groups excluding carboxylic acids is 1. The summed E-state index contributed by atoms with van der Waals surface area (Å²) in [4.78, 5) is 24.7. The van der Waals surface area contributed by atoms with E-state index in [9.17, 15) is 9.59 Å². The molecule has 1 aliphatic rings. The van der Waals surface area contributed by atoms with Crippen LogP contribution in [0.25, 0.3) is 0 Å². The number of carboxylic acids is 1. The van der Waals surface area contributed by atoms with Gasteiger partial charge < -0.3 is 15.3 Å². The van der Waals surface area contributed by atoms with Gasteiger partial charge in [0.25, 0.3) is 0 Å². The van der Waals surface area contributed by atoms with E-state index in [2.05, 4.69) is 26.1 Å². The lowest BCUT2D eigenvalue weighted by Crippen LogP contribution is -2.52. The lowest BCUT2D eigenvalue weighted by molar-refractivity contribution is -0.141. The van der Waals surface area contributed by atoms with E-state index in [4.69, 9.17) is 5.11 Å². The van der Waals surface area contributed by atoms with Gasteiger partial charge in [-0.05, 0) is 31.6 Å². The summed E-state index contributed by atoms with van der Waals surface area (Å²) in [6.45, 7) is 9.27. The minimum Gasteiger partial charge on any atom is -0.481 e. The first kappa shape index (κ1) is 15.8. The first-order valence-corrected chi connectivity index (χ1v) is 7.10. The normalized spacial score (nSPS) is 28.8. The van der Waals surface area contributed by atoms with Crippen molar-refractivity contribution < 1.29 is 14.7 Å². The van der Waals surface area contributed by atoms with Gasteiger partial charge in [-0.15, -0.1) is 0 Å². The molecule has 0 aromatic heterocycles. The van der Waals surface area contributed by atoms with E-state index in [1.807, 2.05) is 4.90 Å². The number of hydrogen-bond acceptors (Lipinski definition) is 2. The van der Waals surface area contributed by atoms with E-state index in [0.717, 1.165) is 13.0 Å². The minimum absolute atomic E-state index is 0.0662. The maximum absolute atomic E-state index is 12.1. The van der Waals surface area contributed by atoms with E-state index in [-0.39, 0.29) is 12.1 Å². The van der Waals surface area contributed by atoms with E-state index >= 15 is 0 Å². The second-order valence-electron chi connectivity index (χ2n) is 5.97. The molecule has 110 valence electrons. The van der Waals surface area contributed by atoms with Gasteiger partial charge in [0.05, 0.1) is 5.92 Å². The molecule has 19 heavy (non-hydrogen) atoms. The number of carbonyl (C=O) groups is 2. The Bertz CT molecular complexity index is 333. The highest BCUT2D eigenvalue weighted by Gasteiger charge is 2.31. The Labute approximate surface area is 115 Å². The van der Waals surface area contributed by atoms with Crippen molar-refractivity contribution in [3.05, 3.63) is 0 Å². The fraction of sp³-hybridized carbons (Fsp3) is 0.857. The van der Waals surface area contributed by atoms with Crippen molar-refractivity contribution in [1.82, 2.24) is 10.2 Å². The van der Waals surface area contributed by atoms with Gasteiger partial charge in [0.1, 0.15) is 0 Å². The van der Waals surface area contributed by atoms with E-state index in [1.165, 1.54) is 0 Å². The van der Waals surface area contributed by atoms with Crippen molar-refractivity contribution in [3.63, 3.8) is 0 Å². The smallest absolute Gasteiger partial charge is 0.317 e. The van der Waals surface area contributed by atoms with Crippen LogP contribution in [-0.2, 0) is 4.79 Å². The Kier molecular flexibility index (Phi) is 5.63. The first-order chi connectivity index (χ1) is 8.82. The van der Waals surface area contributed by atoms with E-state index in [1.54, 1.807) is 6.92 Å². The van der Waals surface area contributed by atoms with Gasteiger partial charge in [0, 0.05) is 19.1 Å². The molecule has 4 unspecified atom stereocenters. The van der Waals surface area contributed by atoms with Gasteiger partial charge >= 0.3 is 12.0 Å². The van der Waals surface area contributed by atoms with Crippen LogP contribution in [0.4, 0.5) is 4.79 Å². The summed E-state index contributed by atoms with van der Waals surface area (Å²) >= 11 is 0. The molecular formula is C14H26N2O3. The van der Waals surface area contributed by atoms with Gasteiger partial charge in [-0.1, -0.05) is 20.8 Å². The quantitative estimate of drug-likeness (QED) is 0.822. The lowest BCUT2D eigenvalue weighted by Gasteiger charge is -2.41. The van der Waals surface area contributed by atoms with E-state index in [0.29, 0.717) is 24.8 Å². The molecule has 0 aromatic rings. The molecular weight excluding hydrogens is 244 g/mol. The fourth-order valence-corrected chi connectivity index (χ4v) is 2.60. The third-order valence-corrected chi connectivity index (χ3v) is 4.13. The van der Waals surface area contributed by atoms with E-state index < -0.39 is 11.9 Å². The molecule has 0 aliphatic carbocycles. The summed E-state index contributed by atoms with van der Waals surface area (Å²) in [7, 11) is 0. The van der Waals surface area contributed by atoms with Crippen LogP contribution in [0.15, 0.2) is 0 Å². The molecule has 5 heteroatoms. The Morgan fingerprint density at radius 3 is 2.58 bits per heavy atom. The van der Waals surface area contributed by atoms with Crippen LogP contribution >= 0.6 is 0 Å². The molecule has 1 heterocycles. The summed E-state index contributed by atoms with van der Waals surface area (Å²) in [6.07, 6.45) is 1.62. The predicted molar refractivity (Wildman–Crippen MR) is 73.9 cm³/mol.